The lowest BCUT2D eigenvalue weighted by molar-refractivity contribution is 0.101. The zero-order valence-electron chi connectivity index (χ0n) is 11.1. The summed E-state index contributed by atoms with van der Waals surface area (Å²) < 4.78 is 0. The van der Waals surface area contributed by atoms with Crippen LogP contribution in [-0.4, -0.2) is 5.78 Å². The Kier molecular flexibility index (Phi) is 4.97. The first kappa shape index (κ1) is 13.5. The van der Waals surface area contributed by atoms with Crippen LogP contribution in [0.25, 0.3) is 0 Å². The smallest absolute Gasteiger partial charge is 0.160 e. The summed E-state index contributed by atoms with van der Waals surface area (Å²) in [6.07, 6.45) is 1.98. The van der Waals surface area contributed by atoms with Crippen molar-refractivity contribution in [3.8, 4) is 11.8 Å². The van der Waals surface area contributed by atoms with Crippen molar-refractivity contribution in [2.24, 2.45) is 5.92 Å². The predicted molar refractivity (Wildman–Crippen MR) is 72.2 cm³/mol. The number of hydrogen-bond donors (Lipinski definition) is 0. The molecule has 0 aliphatic carbocycles. The van der Waals surface area contributed by atoms with E-state index in [9.17, 15) is 4.79 Å². The van der Waals surface area contributed by atoms with Crippen LogP contribution in [-0.2, 0) is 6.42 Å². The number of aryl methyl sites for hydroxylation is 1. The molecule has 0 radical (unpaired) electrons. The van der Waals surface area contributed by atoms with Crippen molar-refractivity contribution in [1.82, 2.24) is 0 Å². The molecule has 0 unspecified atom stereocenters. The SMILES string of the molecule is CCCc1cc(C#CC(C)C)ccc1C(C)=O. The largest absolute Gasteiger partial charge is 0.295 e. The highest BCUT2D eigenvalue weighted by Crippen LogP contribution is 2.14. The van der Waals surface area contributed by atoms with Crippen molar-refractivity contribution < 1.29 is 4.79 Å². The topological polar surface area (TPSA) is 17.1 Å². The van der Waals surface area contributed by atoms with Crippen LogP contribution in [0, 0.1) is 17.8 Å². The van der Waals surface area contributed by atoms with Gasteiger partial charge in [0.1, 0.15) is 0 Å². The minimum atomic E-state index is 0.136. The van der Waals surface area contributed by atoms with Crippen molar-refractivity contribution in [2.45, 2.75) is 40.5 Å². The second-order valence-corrected chi connectivity index (χ2v) is 4.60. The first-order valence-corrected chi connectivity index (χ1v) is 6.20. The Bertz CT molecular complexity index is 458. The van der Waals surface area contributed by atoms with E-state index < -0.39 is 0 Å². The van der Waals surface area contributed by atoms with Gasteiger partial charge in [-0.2, -0.15) is 0 Å². The van der Waals surface area contributed by atoms with Crippen LogP contribution >= 0.6 is 0 Å². The van der Waals surface area contributed by atoms with E-state index in [4.69, 9.17) is 0 Å². The number of rotatable bonds is 3. The summed E-state index contributed by atoms with van der Waals surface area (Å²) in [4.78, 5) is 11.5. The maximum atomic E-state index is 11.5. The number of benzene rings is 1. The summed E-state index contributed by atoms with van der Waals surface area (Å²) in [6.45, 7) is 7.89. The number of carbonyl (C=O) groups excluding carboxylic acids is 1. The zero-order chi connectivity index (χ0) is 12.8. The third kappa shape index (κ3) is 4.07. The highest BCUT2D eigenvalue weighted by molar-refractivity contribution is 5.95. The fourth-order valence-corrected chi connectivity index (χ4v) is 1.72. The average Bonchev–Trinajstić information content (AvgIpc) is 2.26. The van der Waals surface area contributed by atoms with Crippen molar-refractivity contribution in [1.29, 1.82) is 0 Å². The molecule has 0 heterocycles. The van der Waals surface area contributed by atoms with Gasteiger partial charge in [0.05, 0.1) is 0 Å². The van der Waals surface area contributed by atoms with Crippen LogP contribution in [0.2, 0.25) is 0 Å². The molecule has 0 spiro atoms. The molecule has 0 aliphatic rings. The summed E-state index contributed by atoms with van der Waals surface area (Å²) in [5, 5.41) is 0. The van der Waals surface area contributed by atoms with E-state index in [1.54, 1.807) is 6.92 Å². The molecule has 1 nitrogen and oxygen atoms in total. The lowest BCUT2D eigenvalue weighted by Gasteiger charge is -2.06. The van der Waals surface area contributed by atoms with Crippen molar-refractivity contribution in [2.75, 3.05) is 0 Å². The number of hydrogen-bond acceptors (Lipinski definition) is 1. The summed E-state index contributed by atoms with van der Waals surface area (Å²) in [5.41, 5.74) is 2.96. The second kappa shape index (κ2) is 6.25. The molecular weight excluding hydrogens is 208 g/mol. The molecule has 1 aromatic carbocycles. The lowest BCUT2D eigenvalue weighted by Crippen LogP contribution is -2.00. The molecule has 1 rings (SSSR count). The minimum absolute atomic E-state index is 0.136. The molecule has 0 saturated heterocycles. The molecule has 1 aromatic rings. The van der Waals surface area contributed by atoms with Gasteiger partial charge in [-0.3, -0.25) is 4.79 Å². The minimum Gasteiger partial charge on any atom is -0.295 e. The highest BCUT2D eigenvalue weighted by Gasteiger charge is 2.06. The molecule has 0 saturated carbocycles. The van der Waals surface area contributed by atoms with Crippen LogP contribution in [0.15, 0.2) is 18.2 Å². The van der Waals surface area contributed by atoms with Gasteiger partial charge in [-0.05, 0) is 37.1 Å². The molecule has 0 amide bonds. The van der Waals surface area contributed by atoms with E-state index in [2.05, 4.69) is 38.7 Å². The molecule has 17 heavy (non-hydrogen) atoms. The average molecular weight is 228 g/mol. The first-order chi connectivity index (χ1) is 8.04. The predicted octanol–water partition coefficient (Wildman–Crippen LogP) is 3.85. The van der Waals surface area contributed by atoms with Crippen LogP contribution in [0.1, 0.15) is 55.6 Å². The van der Waals surface area contributed by atoms with Gasteiger partial charge in [-0.1, -0.05) is 39.0 Å². The van der Waals surface area contributed by atoms with Gasteiger partial charge in [0, 0.05) is 17.0 Å². The fraction of sp³-hybridized carbons (Fsp3) is 0.438. The maximum Gasteiger partial charge on any atom is 0.160 e. The van der Waals surface area contributed by atoms with Crippen molar-refractivity contribution >= 4 is 5.78 Å². The summed E-state index contributed by atoms with van der Waals surface area (Å²) in [5.74, 6) is 6.80. The molecule has 0 N–H and O–H groups in total. The van der Waals surface area contributed by atoms with E-state index in [0.717, 1.165) is 29.5 Å². The van der Waals surface area contributed by atoms with Gasteiger partial charge in [0.25, 0.3) is 0 Å². The normalized spacial score (nSPS) is 9.94. The quantitative estimate of drug-likeness (QED) is 0.567. The Hall–Kier alpha value is -1.55. The first-order valence-electron chi connectivity index (χ1n) is 6.20. The fourth-order valence-electron chi connectivity index (χ4n) is 1.72. The molecule has 0 fully saturated rings. The monoisotopic (exact) mass is 228 g/mol. The van der Waals surface area contributed by atoms with E-state index in [1.165, 1.54) is 0 Å². The molecular formula is C16H20O. The second-order valence-electron chi connectivity index (χ2n) is 4.60. The van der Waals surface area contributed by atoms with E-state index in [1.807, 2.05) is 12.1 Å². The summed E-state index contributed by atoms with van der Waals surface area (Å²) in [7, 11) is 0. The standard InChI is InChI=1S/C16H20O/c1-5-6-15-11-14(8-7-12(2)3)9-10-16(15)13(4)17/h9-12H,5-6H2,1-4H3. The van der Waals surface area contributed by atoms with Gasteiger partial charge >= 0.3 is 0 Å². The molecule has 0 aliphatic heterocycles. The zero-order valence-corrected chi connectivity index (χ0v) is 11.1. The number of carbonyl (C=O) groups is 1. The molecule has 0 aromatic heterocycles. The number of Topliss-reactive ketones (excluding diaryl/α,β-unsaturated/α-hetero) is 1. The highest BCUT2D eigenvalue weighted by atomic mass is 16.1. The Morgan fingerprint density at radius 3 is 2.59 bits per heavy atom. The van der Waals surface area contributed by atoms with Gasteiger partial charge in [-0.25, -0.2) is 0 Å². The summed E-state index contributed by atoms with van der Waals surface area (Å²) in [6, 6.07) is 5.89. The van der Waals surface area contributed by atoms with Gasteiger partial charge < -0.3 is 0 Å². The molecule has 1 heteroatoms. The van der Waals surface area contributed by atoms with E-state index in [0.29, 0.717) is 5.92 Å². The maximum absolute atomic E-state index is 11.5. The van der Waals surface area contributed by atoms with Crippen LogP contribution in [0.3, 0.4) is 0 Å². The van der Waals surface area contributed by atoms with E-state index in [-0.39, 0.29) is 5.78 Å². The van der Waals surface area contributed by atoms with Crippen LogP contribution in [0.4, 0.5) is 0 Å². The van der Waals surface area contributed by atoms with E-state index >= 15 is 0 Å². The van der Waals surface area contributed by atoms with Crippen molar-refractivity contribution in [3.63, 3.8) is 0 Å². The Morgan fingerprint density at radius 2 is 2.06 bits per heavy atom. The molecule has 0 atom stereocenters. The third-order valence-electron chi connectivity index (χ3n) is 2.51. The van der Waals surface area contributed by atoms with Crippen LogP contribution < -0.4 is 0 Å². The molecule has 90 valence electrons. The van der Waals surface area contributed by atoms with Gasteiger partial charge in [0.15, 0.2) is 5.78 Å². The summed E-state index contributed by atoms with van der Waals surface area (Å²) >= 11 is 0. The van der Waals surface area contributed by atoms with Gasteiger partial charge in [0.2, 0.25) is 0 Å². The third-order valence-corrected chi connectivity index (χ3v) is 2.51. The number of ketones is 1. The van der Waals surface area contributed by atoms with Crippen LogP contribution in [0.5, 0.6) is 0 Å². The Balaban J connectivity index is 3.10. The molecule has 0 bridgehead atoms. The Labute approximate surface area is 104 Å². The van der Waals surface area contributed by atoms with Crippen molar-refractivity contribution in [3.05, 3.63) is 34.9 Å². The lowest BCUT2D eigenvalue weighted by atomic mass is 9.98. The van der Waals surface area contributed by atoms with Gasteiger partial charge in [-0.15, -0.1) is 0 Å². The Morgan fingerprint density at radius 1 is 1.35 bits per heavy atom.